The number of alkyl carbamates (subject to hydrolysis) is 1. The van der Waals surface area contributed by atoms with E-state index in [4.69, 9.17) is 18.9 Å². The predicted molar refractivity (Wildman–Crippen MR) is 173 cm³/mol. The monoisotopic (exact) mass is 651 g/mol. The lowest BCUT2D eigenvalue weighted by Crippen LogP contribution is -2.49. The number of carbonyl (C=O) groups excluding carboxylic acids is 3. The number of esters is 1. The van der Waals surface area contributed by atoms with Crippen molar-refractivity contribution >= 4 is 35.6 Å². The molecule has 0 aliphatic carbocycles. The normalized spacial score (nSPS) is 14.4. The quantitative estimate of drug-likeness (QED) is 0.252. The van der Waals surface area contributed by atoms with E-state index in [1.165, 1.54) is 13.2 Å². The van der Waals surface area contributed by atoms with Crippen LogP contribution < -0.4 is 36.4 Å². The van der Waals surface area contributed by atoms with Crippen LogP contribution in [0, 0.1) is 0 Å². The molecule has 15 heteroatoms. The first kappa shape index (κ1) is 34.5. The molecule has 2 aliphatic heterocycles. The highest BCUT2D eigenvalue weighted by Crippen LogP contribution is 2.26. The van der Waals surface area contributed by atoms with Gasteiger partial charge in [0.2, 0.25) is 11.9 Å². The van der Waals surface area contributed by atoms with Crippen molar-refractivity contribution in [2.75, 3.05) is 37.5 Å². The third-order valence-electron chi connectivity index (χ3n) is 6.72. The third-order valence-corrected chi connectivity index (χ3v) is 6.72. The van der Waals surface area contributed by atoms with E-state index in [2.05, 4.69) is 36.2 Å². The smallest absolute Gasteiger partial charge is 0.407 e. The van der Waals surface area contributed by atoms with Crippen LogP contribution in [0.5, 0.6) is 11.5 Å². The van der Waals surface area contributed by atoms with Gasteiger partial charge in [0, 0.05) is 18.3 Å². The van der Waals surface area contributed by atoms with Gasteiger partial charge in [-0.25, -0.2) is 14.4 Å². The molecule has 5 N–H and O–H groups in total. The standard InChI is InChI=1S/C32H41N7O8/c1-32(2,3)47-31(43)34-19-24(27(41)44-4)36-26(40)23-14-11-21-17-25(23)46-16-8-6-5-7-15-45-22-12-9-20(10-13-22)18-33-28-37-29(35-21)39-30(42)38-28/h9-14,17,24H,5-8,15-16,18-19H2,1-4H3,(H,34,43)(H,36,40)(H3,33,35,37,38,39,42)/t24-/m1/s1. The van der Waals surface area contributed by atoms with E-state index in [0.29, 0.717) is 31.9 Å². The fourth-order valence-corrected chi connectivity index (χ4v) is 4.45. The fraction of sp³-hybridized carbons (Fsp3) is 0.438. The van der Waals surface area contributed by atoms with Gasteiger partial charge in [0.15, 0.2) is 0 Å². The number of hydrogen-bond donors (Lipinski definition) is 5. The Morgan fingerprint density at radius 2 is 1.70 bits per heavy atom. The first-order valence-corrected chi connectivity index (χ1v) is 15.3. The Hall–Kier alpha value is -5.34. The van der Waals surface area contributed by atoms with Gasteiger partial charge in [-0.15, -0.1) is 0 Å². The molecule has 0 saturated carbocycles. The number of anilines is 3. The molecule has 5 rings (SSSR count). The largest absolute Gasteiger partial charge is 0.494 e. The fourth-order valence-electron chi connectivity index (χ4n) is 4.45. The third kappa shape index (κ3) is 11.2. The first-order valence-electron chi connectivity index (χ1n) is 15.3. The molecule has 47 heavy (non-hydrogen) atoms. The molecule has 2 amide bonds. The summed E-state index contributed by atoms with van der Waals surface area (Å²) in [5.74, 6) is -0.177. The second kappa shape index (κ2) is 16.3. The first-order chi connectivity index (χ1) is 22.5. The minimum absolute atomic E-state index is 0.115. The zero-order valence-electron chi connectivity index (χ0n) is 26.9. The molecule has 3 aromatic rings. The molecule has 3 heterocycles. The van der Waals surface area contributed by atoms with E-state index in [9.17, 15) is 19.2 Å². The Kier molecular flexibility index (Phi) is 12.0. The van der Waals surface area contributed by atoms with Crippen LogP contribution >= 0.6 is 0 Å². The number of nitrogens with one attached hydrogen (secondary N) is 5. The maximum Gasteiger partial charge on any atom is 0.407 e. The molecule has 252 valence electrons. The minimum atomic E-state index is -1.21. The van der Waals surface area contributed by atoms with Crippen LogP contribution in [0.3, 0.4) is 0 Å². The van der Waals surface area contributed by atoms with Gasteiger partial charge < -0.3 is 40.2 Å². The minimum Gasteiger partial charge on any atom is -0.494 e. The molecular weight excluding hydrogens is 610 g/mol. The van der Waals surface area contributed by atoms with Crippen molar-refractivity contribution in [3.8, 4) is 11.5 Å². The zero-order valence-corrected chi connectivity index (χ0v) is 26.9. The molecule has 0 unspecified atom stereocenters. The van der Waals surface area contributed by atoms with E-state index in [-0.39, 0.29) is 29.8 Å². The Bertz CT molecular complexity index is 1590. The molecule has 6 bridgehead atoms. The number of nitrogens with zero attached hydrogens (tertiary/aromatic N) is 2. The van der Waals surface area contributed by atoms with Gasteiger partial charge in [0.1, 0.15) is 23.1 Å². The topological polar surface area (TPSA) is 195 Å². The number of aromatic amines is 1. The van der Waals surface area contributed by atoms with Crippen molar-refractivity contribution in [2.24, 2.45) is 0 Å². The summed E-state index contributed by atoms with van der Waals surface area (Å²) < 4.78 is 22.0. The maximum absolute atomic E-state index is 13.5. The molecule has 0 spiro atoms. The van der Waals surface area contributed by atoms with E-state index in [1.807, 2.05) is 24.3 Å². The Balaban J connectivity index is 1.54. The highest BCUT2D eigenvalue weighted by molar-refractivity contribution is 5.99. The van der Waals surface area contributed by atoms with Gasteiger partial charge in [-0.2, -0.15) is 9.97 Å². The Labute approximate surface area is 272 Å². The zero-order chi connectivity index (χ0) is 33.8. The number of carbonyl (C=O) groups is 3. The van der Waals surface area contributed by atoms with E-state index in [0.717, 1.165) is 30.6 Å². The lowest BCUT2D eigenvalue weighted by Gasteiger charge is -2.22. The SMILES string of the molecule is COC(=O)[C@@H](CNC(=O)OC(C)(C)C)NC(=O)c1ccc2cc1OCCCCCCOc1ccc(cc1)CNc1nc([nH]c(=O)n1)N2. The van der Waals surface area contributed by atoms with Crippen LogP contribution in [-0.2, 0) is 20.8 Å². The van der Waals surface area contributed by atoms with Crippen molar-refractivity contribution < 1.29 is 33.3 Å². The summed E-state index contributed by atoms with van der Waals surface area (Å²) in [4.78, 5) is 61.2. The average molecular weight is 652 g/mol. The highest BCUT2D eigenvalue weighted by Gasteiger charge is 2.26. The van der Waals surface area contributed by atoms with Crippen LogP contribution in [0.15, 0.2) is 47.3 Å². The highest BCUT2D eigenvalue weighted by atomic mass is 16.6. The number of rotatable bonds is 5. The van der Waals surface area contributed by atoms with Crippen molar-refractivity contribution in [3.05, 3.63) is 64.1 Å². The van der Waals surface area contributed by atoms with Crippen molar-refractivity contribution in [3.63, 3.8) is 0 Å². The number of H-pyrrole nitrogens is 1. The van der Waals surface area contributed by atoms with Crippen LogP contribution in [0.2, 0.25) is 0 Å². The van der Waals surface area contributed by atoms with E-state index < -0.39 is 35.3 Å². The Morgan fingerprint density at radius 1 is 0.979 bits per heavy atom. The summed E-state index contributed by atoms with van der Waals surface area (Å²) in [5.41, 5.74) is 0.185. The van der Waals surface area contributed by atoms with Gasteiger partial charge in [0.05, 0.1) is 32.4 Å². The number of aromatic nitrogens is 3. The lowest BCUT2D eigenvalue weighted by molar-refractivity contribution is -0.142. The van der Waals surface area contributed by atoms with Gasteiger partial charge >= 0.3 is 17.8 Å². The lowest BCUT2D eigenvalue weighted by atomic mass is 10.1. The second-order valence-electron chi connectivity index (χ2n) is 11.7. The molecule has 15 nitrogen and oxygen atoms in total. The number of amides is 2. The molecule has 2 aliphatic rings. The summed E-state index contributed by atoms with van der Waals surface area (Å²) in [5, 5.41) is 11.2. The maximum atomic E-state index is 13.5. The summed E-state index contributed by atoms with van der Waals surface area (Å²) in [6.07, 6.45) is 2.63. The molecule has 0 fully saturated rings. The number of methoxy groups -OCH3 is 1. The summed E-state index contributed by atoms with van der Waals surface area (Å²) in [6, 6.07) is 11.1. The average Bonchev–Trinajstić information content (AvgIpc) is 3.02. The van der Waals surface area contributed by atoms with Crippen LogP contribution in [-0.4, -0.2) is 71.4 Å². The predicted octanol–water partition coefficient (Wildman–Crippen LogP) is 3.65. The summed E-state index contributed by atoms with van der Waals surface area (Å²) in [7, 11) is 1.18. The van der Waals surface area contributed by atoms with Crippen molar-refractivity contribution in [1.82, 2.24) is 25.6 Å². The molecular formula is C32H41N7O8. The Morgan fingerprint density at radius 3 is 2.40 bits per heavy atom. The molecule has 0 saturated heterocycles. The summed E-state index contributed by atoms with van der Waals surface area (Å²) >= 11 is 0. The van der Waals surface area contributed by atoms with Crippen LogP contribution in [0.25, 0.3) is 0 Å². The van der Waals surface area contributed by atoms with Gasteiger partial charge in [-0.1, -0.05) is 12.1 Å². The van der Waals surface area contributed by atoms with Crippen LogP contribution in [0.4, 0.5) is 22.4 Å². The molecule has 2 aromatic carbocycles. The van der Waals surface area contributed by atoms with Crippen molar-refractivity contribution in [1.29, 1.82) is 0 Å². The number of fused-ring (bicyclic) bond motifs is 10. The van der Waals surface area contributed by atoms with Crippen molar-refractivity contribution in [2.45, 2.75) is 64.6 Å². The number of benzene rings is 2. The molecule has 1 aromatic heterocycles. The number of ether oxygens (including phenoxy) is 4. The molecule has 1 atom stereocenters. The van der Waals surface area contributed by atoms with E-state index >= 15 is 0 Å². The van der Waals surface area contributed by atoms with Gasteiger partial charge in [-0.05, 0) is 76.3 Å². The summed E-state index contributed by atoms with van der Waals surface area (Å²) in [6.45, 7) is 6.11. The van der Waals surface area contributed by atoms with Gasteiger partial charge in [0.25, 0.3) is 5.91 Å². The second-order valence-corrected chi connectivity index (χ2v) is 11.7. The van der Waals surface area contributed by atoms with E-state index in [1.54, 1.807) is 32.9 Å². The number of hydrogen-bond acceptors (Lipinski definition) is 12. The molecule has 0 radical (unpaired) electrons. The van der Waals surface area contributed by atoms with Gasteiger partial charge in [-0.3, -0.25) is 9.78 Å². The van der Waals surface area contributed by atoms with Crippen LogP contribution in [0.1, 0.15) is 62.4 Å².